The van der Waals surface area contributed by atoms with Gasteiger partial charge in [0, 0.05) is 12.1 Å². The lowest BCUT2D eigenvalue weighted by Crippen LogP contribution is -2.24. The summed E-state index contributed by atoms with van der Waals surface area (Å²) in [6.45, 7) is 4.38. The molecule has 0 saturated carbocycles. The standard InChI is InChI=1S/C19H21NO3/c1-14-3-5-16(6-4-14)13-20-19(22)11-12-23-18-9-7-17(8-10-18)15(2)21/h3-10H,11-13H2,1-2H3,(H,20,22). The van der Waals surface area contributed by atoms with Crippen LogP contribution in [-0.4, -0.2) is 18.3 Å². The number of hydrogen-bond donors (Lipinski definition) is 1. The maximum Gasteiger partial charge on any atom is 0.223 e. The van der Waals surface area contributed by atoms with Crippen LogP contribution in [-0.2, 0) is 11.3 Å². The van der Waals surface area contributed by atoms with Crippen LogP contribution in [0.3, 0.4) is 0 Å². The molecule has 0 aliphatic rings. The molecule has 0 spiro atoms. The Kier molecular flexibility index (Phi) is 5.92. The predicted octanol–water partition coefficient (Wildman–Crippen LogP) is 3.28. The zero-order valence-electron chi connectivity index (χ0n) is 13.5. The van der Waals surface area contributed by atoms with Crippen molar-refractivity contribution in [2.45, 2.75) is 26.8 Å². The van der Waals surface area contributed by atoms with Crippen molar-refractivity contribution in [3.8, 4) is 5.75 Å². The summed E-state index contributed by atoms with van der Waals surface area (Å²) in [7, 11) is 0. The highest BCUT2D eigenvalue weighted by atomic mass is 16.5. The van der Waals surface area contributed by atoms with E-state index < -0.39 is 0 Å². The Morgan fingerprint density at radius 2 is 1.65 bits per heavy atom. The number of amides is 1. The molecule has 0 fully saturated rings. The molecule has 0 aliphatic carbocycles. The fourth-order valence-corrected chi connectivity index (χ4v) is 2.04. The number of rotatable bonds is 7. The number of aryl methyl sites for hydroxylation is 1. The van der Waals surface area contributed by atoms with Crippen LogP contribution in [0.25, 0.3) is 0 Å². The topological polar surface area (TPSA) is 55.4 Å². The lowest BCUT2D eigenvalue weighted by atomic mass is 10.1. The van der Waals surface area contributed by atoms with Gasteiger partial charge in [0.05, 0.1) is 13.0 Å². The molecule has 0 aliphatic heterocycles. The van der Waals surface area contributed by atoms with Crippen LogP contribution in [0.15, 0.2) is 48.5 Å². The van der Waals surface area contributed by atoms with Gasteiger partial charge in [0.2, 0.25) is 5.91 Å². The van der Waals surface area contributed by atoms with Crippen molar-refractivity contribution < 1.29 is 14.3 Å². The number of carbonyl (C=O) groups is 2. The molecule has 0 bridgehead atoms. The molecule has 0 aromatic heterocycles. The number of hydrogen-bond acceptors (Lipinski definition) is 3. The van der Waals surface area contributed by atoms with Crippen molar-refractivity contribution in [3.63, 3.8) is 0 Å². The van der Waals surface area contributed by atoms with E-state index in [1.165, 1.54) is 12.5 Å². The Hall–Kier alpha value is -2.62. The molecule has 2 aromatic carbocycles. The number of Topliss-reactive ketones (excluding diaryl/α,β-unsaturated/α-hetero) is 1. The summed E-state index contributed by atoms with van der Waals surface area (Å²) in [4.78, 5) is 23.0. The fraction of sp³-hybridized carbons (Fsp3) is 0.263. The molecule has 120 valence electrons. The minimum Gasteiger partial charge on any atom is -0.493 e. The molecule has 2 rings (SSSR count). The smallest absolute Gasteiger partial charge is 0.223 e. The highest BCUT2D eigenvalue weighted by Gasteiger charge is 2.03. The van der Waals surface area contributed by atoms with Crippen LogP contribution in [0.4, 0.5) is 0 Å². The van der Waals surface area contributed by atoms with E-state index in [0.29, 0.717) is 30.9 Å². The average molecular weight is 311 g/mol. The highest BCUT2D eigenvalue weighted by molar-refractivity contribution is 5.94. The van der Waals surface area contributed by atoms with Crippen molar-refractivity contribution in [1.29, 1.82) is 0 Å². The Labute approximate surface area is 136 Å². The van der Waals surface area contributed by atoms with Crippen LogP contribution in [0.5, 0.6) is 5.75 Å². The van der Waals surface area contributed by atoms with Gasteiger partial charge in [0.25, 0.3) is 0 Å². The molecule has 0 radical (unpaired) electrons. The second-order valence-corrected chi connectivity index (χ2v) is 5.44. The van der Waals surface area contributed by atoms with Gasteiger partial charge in [-0.2, -0.15) is 0 Å². The minimum absolute atomic E-state index is 0.0204. The van der Waals surface area contributed by atoms with E-state index in [9.17, 15) is 9.59 Å². The second kappa shape index (κ2) is 8.13. The summed E-state index contributed by atoms with van der Waals surface area (Å²) >= 11 is 0. The van der Waals surface area contributed by atoms with E-state index in [0.717, 1.165) is 5.56 Å². The van der Waals surface area contributed by atoms with E-state index in [1.807, 2.05) is 31.2 Å². The third-order valence-electron chi connectivity index (χ3n) is 3.47. The van der Waals surface area contributed by atoms with E-state index in [1.54, 1.807) is 24.3 Å². The van der Waals surface area contributed by atoms with Gasteiger partial charge in [-0.25, -0.2) is 0 Å². The maximum absolute atomic E-state index is 11.8. The molecule has 4 heteroatoms. The summed E-state index contributed by atoms with van der Waals surface area (Å²) in [6, 6.07) is 15.0. The van der Waals surface area contributed by atoms with E-state index in [4.69, 9.17) is 4.74 Å². The lowest BCUT2D eigenvalue weighted by molar-refractivity contribution is -0.121. The van der Waals surface area contributed by atoms with Gasteiger partial charge < -0.3 is 10.1 Å². The number of benzene rings is 2. The van der Waals surface area contributed by atoms with E-state index in [2.05, 4.69) is 5.32 Å². The van der Waals surface area contributed by atoms with Gasteiger partial charge in [0.1, 0.15) is 5.75 Å². The molecule has 1 N–H and O–H groups in total. The van der Waals surface area contributed by atoms with Crippen LogP contribution in [0, 0.1) is 6.92 Å². The number of ketones is 1. The van der Waals surface area contributed by atoms with E-state index >= 15 is 0 Å². The third-order valence-corrected chi connectivity index (χ3v) is 3.47. The summed E-state index contributed by atoms with van der Waals surface area (Å²) in [5.41, 5.74) is 2.92. The Morgan fingerprint density at radius 1 is 1.00 bits per heavy atom. The van der Waals surface area contributed by atoms with Crippen molar-refractivity contribution in [1.82, 2.24) is 5.32 Å². The molecule has 23 heavy (non-hydrogen) atoms. The summed E-state index contributed by atoms with van der Waals surface area (Å²) in [5.74, 6) is 0.624. The van der Waals surface area contributed by atoms with Crippen LogP contribution in [0.2, 0.25) is 0 Å². The van der Waals surface area contributed by atoms with Gasteiger partial charge in [0.15, 0.2) is 5.78 Å². The quantitative estimate of drug-likeness (QED) is 0.798. The Morgan fingerprint density at radius 3 is 2.26 bits per heavy atom. The molecule has 0 saturated heterocycles. The van der Waals surface area contributed by atoms with Crippen molar-refractivity contribution in [2.75, 3.05) is 6.61 Å². The van der Waals surface area contributed by atoms with Gasteiger partial charge >= 0.3 is 0 Å². The van der Waals surface area contributed by atoms with Gasteiger partial charge in [-0.05, 0) is 43.7 Å². The van der Waals surface area contributed by atoms with Crippen molar-refractivity contribution >= 4 is 11.7 Å². The lowest BCUT2D eigenvalue weighted by Gasteiger charge is -2.08. The zero-order valence-corrected chi connectivity index (χ0v) is 13.5. The Bertz CT molecular complexity index is 660. The molecule has 0 heterocycles. The largest absolute Gasteiger partial charge is 0.493 e. The van der Waals surface area contributed by atoms with Crippen molar-refractivity contribution in [3.05, 3.63) is 65.2 Å². The molecule has 0 atom stereocenters. The molecule has 4 nitrogen and oxygen atoms in total. The minimum atomic E-state index is -0.0501. The third kappa shape index (κ3) is 5.58. The predicted molar refractivity (Wildman–Crippen MR) is 89.6 cm³/mol. The summed E-state index contributed by atoms with van der Waals surface area (Å²) in [6.07, 6.45) is 0.292. The first-order valence-corrected chi connectivity index (χ1v) is 7.60. The maximum atomic E-state index is 11.8. The van der Waals surface area contributed by atoms with Gasteiger partial charge in [-0.15, -0.1) is 0 Å². The average Bonchev–Trinajstić information content (AvgIpc) is 2.55. The SMILES string of the molecule is CC(=O)c1ccc(OCCC(=O)NCc2ccc(C)cc2)cc1. The zero-order chi connectivity index (χ0) is 16.7. The first kappa shape index (κ1) is 16.7. The summed E-state index contributed by atoms with van der Waals surface area (Å²) < 4.78 is 5.51. The number of nitrogens with one attached hydrogen (secondary N) is 1. The van der Waals surface area contributed by atoms with Gasteiger partial charge in [-0.1, -0.05) is 29.8 Å². The molecular weight excluding hydrogens is 290 g/mol. The molecule has 0 unspecified atom stereocenters. The first-order valence-electron chi connectivity index (χ1n) is 7.60. The molecule has 2 aromatic rings. The van der Waals surface area contributed by atoms with Crippen molar-refractivity contribution in [2.24, 2.45) is 0 Å². The summed E-state index contributed by atoms with van der Waals surface area (Å²) in [5, 5.41) is 2.87. The van der Waals surface area contributed by atoms with Crippen LogP contribution < -0.4 is 10.1 Å². The normalized spacial score (nSPS) is 10.2. The Balaban J connectivity index is 1.70. The molecular formula is C19H21NO3. The monoisotopic (exact) mass is 311 g/mol. The number of ether oxygens (including phenoxy) is 1. The highest BCUT2D eigenvalue weighted by Crippen LogP contribution is 2.12. The van der Waals surface area contributed by atoms with Crippen LogP contribution in [0.1, 0.15) is 34.8 Å². The van der Waals surface area contributed by atoms with Gasteiger partial charge in [-0.3, -0.25) is 9.59 Å². The number of carbonyl (C=O) groups excluding carboxylic acids is 2. The molecule has 1 amide bonds. The van der Waals surface area contributed by atoms with Crippen LogP contribution >= 0.6 is 0 Å². The fourth-order valence-electron chi connectivity index (χ4n) is 2.04. The second-order valence-electron chi connectivity index (χ2n) is 5.44. The van der Waals surface area contributed by atoms with E-state index in [-0.39, 0.29) is 11.7 Å². The first-order chi connectivity index (χ1) is 11.0.